The highest BCUT2D eigenvalue weighted by atomic mass is 16.5. The van der Waals surface area contributed by atoms with Crippen LogP contribution in [-0.2, 0) is 20.9 Å². The number of esters is 1. The Hall–Kier alpha value is -2.63. The minimum atomic E-state index is -0.512. The highest BCUT2D eigenvalue weighted by molar-refractivity contribution is 5.92. The molecule has 4 rings (SSSR count). The second kappa shape index (κ2) is 7.18. The van der Waals surface area contributed by atoms with Crippen LogP contribution in [0.5, 0.6) is 0 Å². The number of hydrogen-bond acceptors (Lipinski definition) is 5. The van der Waals surface area contributed by atoms with Crippen LogP contribution in [-0.4, -0.2) is 11.9 Å². The largest absolute Gasteiger partial charge is 0.461 e. The maximum Gasteiger partial charge on any atom is 0.336 e. The molecular weight excluding hydrogens is 346 g/mol. The van der Waals surface area contributed by atoms with E-state index >= 15 is 0 Å². The summed E-state index contributed by atoms with van der Waals surface area (Å²) >= 11 is 0. The fourth-order valence-electron chi connectivity index (χ4n) is 4.69. The molecule has 0 saturated heterocycles. The Morgan fingerprint density at radius 3 is 2.78 bits per heavy atom. The summed E-state index contributed by atoms with van der Waals surface area (Å²) in [5.74, 6) is 1.52. The lowest BCUT2D eigenvalue weighted by molar-refractivity contribution is -0.146. The van der Waals surface area contributed by atoms with E-state index in [1.807, 2.05) is 0 Å². The summed E-state index contributed by atoms with van der Waals surface area (Å²) in [4.78, 5) is 35.3. The van der Waals surface area contributed by atoms with Gasteiger partial charge in [0.2, 0.25) is 5.91 Å². The normalized spacial score (nSPS) is 23.5. The quantitative estimate of drug-likeness (QED) is 0.643. The first kappa shape index (κ1) is 17.8. The van der Waals surface area contributed by atoms with Crippen molar-refractivity contribution >= 4 is 28.5 Å². The molecule has 1 aromatic heterocycles. The van der Waals surface area contributed by atoms with Gasteiger partial charge in [0.1, 0.15) is 12.2 Å². The number of nitrogens with one attached hydrogen (secondary N) is 1. The van der Waals surface area contributed by atoms with Gasteiger partial charge in [0.05, 0.1) is 0 Å². The number of rotatable bonds is 5. The number of hydrogen-bond donors (Lipinski definition) is 1. The van der Waals surface area contributed by atoms with E-state index in [0.29, 0.717) is 40.5 Å². The highest BCUT2D eigenvalue weighted by Crippen LogP contribution is 2.49. The first-order valence-corrected chi connectivity index (χ1v) is 9.48. The van der Waals surface area contributed by atoms with Crippen molar-refractivity contribution in [3.8, 4) is 0 Å². The minimum absolute atomic E-state index is 0.0429. The molecule has 6 heteroatoms. The third-order valence-corrected chi connectivity index (χ3v) is 5.85. The molecule has 6 nitrogen and oxygen atoms in total. The first-order valence-electron chi connectivity index (χ1n) is 9.48. The Labute approximate surface area is 156 Å². The average Bonchev–Trinajstić information content (AvgIpc) is 3.21. The van der Waals surface area contributed by atoms with Crippen LogP contribution in [0, 0.1) is 17.8 Å². The smallest absolute Gasteiger partial charge is 0.336 e. The van der Waals surface area contributed by atoms with Gasteiger partial charge >= 0.3 is 11.6 Å². The third kappa shape index (κ3) is 3.89. The molecule has 1 amide bonds. The summed E-state index contributed by atoms with van der Waals surface area (Å²) in [6.45, 7) is 1.45. The molecule has 0 unspecified atom stereocenters. The third-order valence-electron chi connectivity index (χ3n) is 5.85. The molecule has 142 valence electrons. The van der Waals surface area contributed by atoms with E-state index < -0.39 is 5.63 Å². The lowest BCUT2D eigenvalue weighted by Crippen LogP contribution is -2.17. The van der Waals surface area contributed by atoms with Crippen molar-refractivity contribution in [1.29, 1.82) is 0 Å². The zero-order valence-electron chi connectivity index (χ0n) is 15.3. The van der Waals surface area contributed by atoms with Crippen molar-refractivity contribution in [2.24, 2.45) is 17.8 Å². The van der Waals surface area contributed by atoms with Crippen LogP contribution >= 0.6 is 0 Å². The van der Waals surface area contributed by atoms with Gasteiger partial charge in [0.15, 0.2) is 0 Å². The number of ether oxygens (including phenoxy) is 1. The molecule has 3 atom stereocenters. The van der Waals surface area contributed by atoms with Gasteiger partial charge in [0, 0.05) is 42.1 Å². The molecule has 2 saturated carbocycles. The SMILES string of the molecule is CC(=O)Nc1ccc2c(COC(=O)C[C@H]3C[C@H]4CC[C@@H]3C4)cc(=O)oc2c1. The van der Waals surface area contributed by atoms with E-state index in [0.717, 1.165) is 12.3 Å². The van der Waals surface area contributed by atoms with Crippen molar-refractivity contribution in [3.05, 3.63) is 40.2 Å². The van der Waals surface area contributed by atoms with E-state index in [4.69, 9.17) is 9.15 Å². The summed E-state index contributed by atoms with van der Waals surface area (Å²) < 4.78 is 10.7. The lowest BCUT2D eigenvalue weighted by Gasteiger charge is -2.20. The van der Waals surface area contributed by atoms with Gasteiger partial charge in [-0.15, -0.1) is 0 Å². The predicted octanol–water partition coefficient (Wildman–Crippen LogP) is 3.62. The zero-order chi connectivity index (χ0) is 19.0. The van der Waals surface area contributed by atoms with Gasteiger partial charge in [-0.05, 0) is 49.1 Å². The molecule has 27 heavy (non-hydrogen) atoms. The molecule has 1 aromatic carbocycles. The molecule has 0 radical (unpaired) electrons. The number of benzene rings is 1. The van der Waals surface area contributed by atoms with Gasteiger partial charge in [-0.3, -0.25) is 9.59 Å². The number of anilines is 1. The monoisotopic (exact) mass is 369 g/mol. The molecule has 2 aliphatic carbocycles. The fraction of sp³-hybridized carbons (Fsp3) is 0.476. The van der Waals surface area contributed by atoms with Crippen LogP contribution in [0.25, 0.3) is 11.0 Å². The average molecular weight is 369 g/mol. The standard InChI is InChI=1S/C21H23NO5/c1-12(23)22-17-4-5-18-16(9-21(25)27-19(18)10-17)11-26-20(24)8-15-7-13-2-3-14(15)6-13/h4-5,9-10,13-15H,2-3,6-8,11H2,1H3,(H,22,23)/t13-,14+,15+/m0/s1. The van der Waals surface area contributed by atoms with Crippen molar-refractivity contribution < 1.29 is 18.7 Å². The van der Waals surface area contributed by atoms with Crippen molar-refractivity contribution in [1.82, 2.24) is 0 Å². The maximum absolute atomic E-state index is 12.3. The van der Waals surface area contributed by atoms with Crippen LogP contribution in [0.3, 0.4) is 0 Å². The van der Waals surface area contributed by atoms with Gasteiger partial charge in [-0.25, -0.2) is 4.79 Å². The van der Waals surface area contributed by atoms with E-state index in [2.05, 4.69) is 5.32 Å². The van der Waals surface area contributed by atoms with Crippen LogP contribution in [0.1, 0.15) is 44.6 Å². The van der Waals surface area contributed by atoms with Crippen LogP contribution in [0.4, 0.5) is 5.69 Å². The van der Waals surface area contributed by atoms with E-state index in [1.54, 1.807) is 18.2 Å². The molecule has 2 aromatic rings. The maximum atomic E-state index is 12.3. The van der Waals surface area contributed by atoms with Gasteiger partial charge in [-0.1, -0.05) is 6.42 Å². The van der Waals surface area contributed by atoms with Crippen molar-refractivity contribution in [2.75, 3.05) is 5.32 Å². The summed E-state index contributed by atoms with van der Waals surface area (Å²) in [6, 6.07) is 6.43. The summed E-state index contributed by atoms with van der Waals surface area (Å²) in [5.41, 5.74) is 0.995. The molecule has 2 aliphatic rings. The molecule has 2 fully saturated rings. The van der Waals surface area contributed by atoms with E-state index in [1.165, 1.54) is 32.3 Å². The van der Waals surface area contributed by atoms with Crippen LogP contribution in [0.2, 0.25) is 0 Å². The van der Waals surface area contributed by atoms with Crippen LogP contribution in [0.15, 0.2) is 33.5 Å². The fourth-order valence-corrected chi connectivity index (χ4v) is 4.69. The summed E-state index contributed by atoms with van der Waals surface area (Å²) in [5, 5.41) is 3.34. The second-order valence-electron chi connectivity index (χ2n) is 7.78. The van der Waals surface area contributed by atoms with Gasteiger partial charge < -0.3 is 14.5 Å². The molecule has 1 heterocycles. The van der Waals surface area contributed by atoms with Gasteiger partial charge in [0.25, 0.3) is 0 Å². The Balaban J connectivity index is 1.45. The van der Waals surface area contributed by atoms with Crippen LogP contribution < -0.4 is 10.9 Å². The Kier molecular flexibility index (Phi) is 4.72. The highest BCUT2D eigenvalue weighted by Gasteiger charge is 2.40. The first-order chi connectivity index (χ1) is 13.0. The number of fused-ring (bicyclic) bond motifs is 3. The molecule has 0 aliphatic heterocycles. The van der Waals surface area contributed by atoms with Crippen molar-refractivity contribution in [3.63, 3.8) is 0 Å². The topological polar surface area (TPSA) is 85.6 Å². The molecular formula is C21H23NO5. The minimum Gasteiger partial charge on any atom is -0.461 e. The van der Waals surface area contributed by atoms with Crippen molar-refractivity contribution in [2.45, 2.75) is 45.6 Å². The summed E-state index contributed by atoms with van der Waals surface area (Å²) in [6.07, 6.45) is 5.42. The number of amides is 1. The Bertz CT molecular complexity index is 947. The predicted molar refractivity (Wildman–Crippen MR) is 100 cm³/mol. The molecule has 2 bridgehead atoms. The molecule has 1 N–H and O–H groups in total. The van der Waals surface area contributed by atoms with Gasteiger partial charge in [-0.2, -0.15) is 0 Å². The summed E-state index contributed by atoms with van der Waals surface area (Å²) in [7, 11) is 0. The molecule has 0 spiro atoms. The zero-order valence-corrected chi connectivity index (χ0v) is 15.3. The lowest BCUT2D eigenvalue weighted by atomic mass is 9.86. The Morgan fingerprint density at radius 1 is 1.22 bits per heavy atom. The number of carbonyl (C=O) groups is 2. The van der Waals surface area contributed by atoms with E-state index in [-0.39, 0.29) is 18.5 Å². The van der Waals surface area contributed by atoms with E-state index in [9.17, 15) is 14.4 Å². The number of carbonyl (C=O) groups excluding carboxylic acids is 2. The second-order valence-corrected chi connectivity index (χ2v) is 7.78. The Morgan fingerprint density at radius 2 is 2.07 bits per heavy atom.